The van der Waals surface area contributed by atoms with Crippen LogP contribution in [-0.2, 0) is 6.54 Å². The summed E-state index contributed by atoms with van der Waals surface area (Å²) in [6, 6.07) is 4.53. The van der Waals surface area contributed by atoms with E-state index in [2.05, 4.69) is 20.8 Å². The Bertz CT molecular complexity index is 334. The molecule has 0 bridgehead atoms. The lowest BCUT2D eigenvalue weighted by atomic mass is 9.94. The quantitative estimate of drug-likeness (QED) is 0.907. The van der Waals surface area contributed by atoms with E-state index in [9.17, 15) is 0 Å². The summed E-state index contributed by atoms with van der Waals surface area (Å²) in [7, 11) is 0. The lowest BCUT2D eigenvalue weighted by Crippen LogP contribution is -2.38. The number of rotatable bonds is 5. The number of hydrogen-bond donors (Lipinski definition) is 1. The molecule has 0 atom stereocenters. The molecule has 0 aromatic carbocycles. The average molecular weight is 302 g/mol. The summed E-state index contributed by atoms with van der Waals surface area (Å²) >= 11 is 3.32. The maximum atomic E-state index is 9.17. The molecular weight excluding hydrogens is 282 g/mol. The van der Waals surface area contributed by atoms with Crippen LogP contribution < -0.4 is 0 Å². The number of hydrogen-bond acceptors (Lipinski definition) is 3. The van der Waals surface area contributed by atoms with Crippen LogP contribution in [-0.4, -0.2) is 29.2 Å². The van der Waals surface area contributed by atoms with E-state index in [1.807, 2.05) is 12.1 Å². The second kappa shape index (κ2) is 6.57. The van der Waals surface area contributed by atoms with Crippen LogP contribution in [0.2, 0.25) is 0 Å². The SMILES string of the molecule is OCCN(Cc1ccc(Br)o1)C1CCCCC1. The highest BCUT2D eigenvalue weighted by Crippen LogP contribution is 2.24. The van der Waals surface area contributed by atoms with Crippen LogP contribution in [0.3, 0.4) is 0 Å². The first-order valence-electron chi connectivity index (χ1n) is 6.38. The molecule has 3 nitrogen and oxygen atoms in total. The minimum absolute atomic E-state index is 0.221. The molecular formula is C13H20BrNO2. The van der Waals surface area contributed by atoms with Crippen LogP contribution in [0.5, 0.6) is 0 Å². The Balaban J connectivity index is 1.95. The lowest BCUT2D eigenvalue weighted by molar-refractivity contribution is 0.109. The van der Waals surface area contributed by atoms with Crippen molar-refractivity contribution in [3.8, 4) is 0 Å². The molecule has 0 spiro atoms. The van der Waals surface area contributed by atoms with Crippen LogP contribution in [0.4, 0.5) is 0 Å². The van der Waals surface area contributed by atoms with Gasteiger partial charge in [-0.1, -0.05) is 19.3 Å². The second-order valence-corrected chi connectivity index (χ2v) is 5.47. The van der Waals surface area contributed by atoms with Gasteiger partial charge >= 0.3 is 0 Å². The number of halogens is 1. The standard InChI is InChI=1S/C13H20BrNO2/c14-13-7-6-12(17-13)10-15(8-9-16)11-4-2-1-3-5-11/h6-7,11,16H,1-5,8-10H2. The molecule has 1 aliphatic carbocycles. The van der Waals surface area contributed by atoms with Crippen molar-refractivity contribution in [1.29, 1.82) is 0 Å². The van der Waals surface area contributed by atoms with Gasteiger partial charge in [0.05, 0.1) is 13.2 Å². The third kappa shape index (κ3) is 3.83. The van der Waals surface area contributed by atoms with Crippen LogP contribution in [0.15, 0.2) is 21.2 Å². The van der Waals surface area contributed by atoms with Crippen molar-refractivity contribution < 1.29 is 9.52 Å². The summed E-state index contributed by atoms with van der Waals surface area (Å²) < 4.78 is 6.32. The molecule has 96 valence electrons. The van der Waals surface area contributed by atoms with Gasteiger partial charge in [0.25, 0.3) is 0 Å². The highest BCUT2D eigenvalue weighted by Gasteiger charge is 2.21. The Morgan fingerprint density at radius 3 is 2.65 bits per heavy atom. The Morgan fingerprint density at radius 2 is 2.06 bits per heavy atom. The van der Waals surface area contributed by atoms with Crippen molar-refractivity contribution in [3.05, 3.63) is 22.6 Å². The summed E-state index contributed by atoms with van der Waals surface area (Å²) in [4.78, 5) is 2.35. The van der Waals surface area contributed by atoms with E-state index in [0.717, 1.165) is 23.5 Å². The minimum atomic E-state index is 0.221. The van der Waals surface area contributed by atoms with Crippen molar-refractivity contribution in [2.24, 2.45) is 0 Å². The largest absolute Gasteiger partial charge is 0.453 e. The van der Waals surface area contributed by atoms with Crippen molar-refractivity contribution >= 4 is 15.9 Å². The van der Waals surface area contributed by atoms with Gasteiger partial charge in [0.15, 0.2) is 4.67 Å². The first-order chi connectivity index (χ1) is 8.29. The molecule has 1 aromatic rings. The predicted molar refractivity (Wildman–Crippen MR) is 70.8 cm³/mol. The molecule has 0 radical (unpaired) electrons. The van der Waals surface area contributed by atoms with E-state index >= 15 is 0 Å². The van der Waals surface area contributed by atoms with Crippen LogP contribution in [0, 0.1) is 0 Å². The third-order valence-electron chi connectivity index (χ3n) is 3.47. The van der Waals surface area contributed by atoms with Crippen LogP contribution in [0.1, 0.15) is 37.9 Å². The van der Waals surface area contributed by atoms with E-state index in [1.165, 1.54) is 32.1 Å². The first-order valence-corrected chi connectivity index (χ1v) is 7.18. The number of nitrogens with zero attached hydrogens (tertiary/aromatic N) is 1. The summed E-state index contributed by atoms with van der Waals surface area (Å²) in [6.07, 6.45) is 6.49. The topological polar surface area (TPSA) is 36.6 Å². The molecule has 1 aromatic heterocycles. The van der Waals surface area contributed by atoms with Gasteiger partial charge in [-0.05, 0) is 40.9 Å². The van der Waals surface area contributed by atoms with E-state index in [4.69, 9.17) is 9.52 Å². The summed E-state index contributed by atoms with van der Waals surface area (Å²) in [5.74, 6) is 0.968. The Kier molecular flexibility index (Phi) is 5.07. The van der Waals surface area contributed by atoms with Gasteiger partial charge in [-0.15, -0.1) is 0 Å². The number of aliphatic hydroxyl groups excluding tert-OH is 1. The Labute approximate surface area is 111 Å². The maximum absolute atomic E-state index is 9.17. The molecule has 0 aliphatic heterocycles. The zero-order chi connectivity index (χ0) is 12.1. The maximum Gasteiger partial charge on any atom is 0.169 e. The highest BCUT2D eigenvalue weighted by molar-refractivity contribution is 9.10. The van der Waals surface area contributed by atoms with Gasteiger partial charge in [0, 0.05) is 12.6 Å². The number of furan rings is 1. The third-order valence-corrected chi connectivity index (χ3v) is 3.89. The lowest BCUT2D eigenvalue weighted by Gasteiger charge is -2.33. The normalized spacial score (nSPS) is 17.8. The van der Waals surface area contributed by atoms with E-state index in [0.29, 0.717) is 6.04 Å². The predicted octanol–water partition coefficient (Wildman–Crippen LogP) is 3.17. The smallest absolute Gasteiger partial charge is 0.169 e. The first kappa shape index (κ1) is 13.1. The average Bonchev–Trinajstić information content (AvgIpc) is 2.75. The molecule has 0 unspecified atom stereocenters. The molecule has 4 heteroatoms. The summed E-state index contributed by atoms with van der Waals surface area (Å²) in [6.45, 7) is 1.76. The van der Waals surface area contributed by atoms with E-state index in [1.54, 1.807) is 0 Å². The van der Waals surface area contributed by atoms with Crippen LogP contribution in [0.25, 0.3) is 0 Å². The van der Waals surface area contributed by atoms with Crippen molar-refractivity contribution in [2.75, 3.05) is 13.2 Å². The zero-order valence-electron chi connectivity index (χ0n) is 10.1. The molecule has 1 fully saturated rings. The second-order valence-electron chi connectivity index (χ2n) is 4.69. The molecule has 2 rings (SSSR count). The van der Waals surface area contributed by atoms with Gasteiger partial charge in [-0.25, -0.2) is 0 Å². The molecule has 17 heavy (non-hydrogen) atoms. The molecule has 1 heterocycles. The van der Waals surface area contributed by atoms with E-state index < -0.39 is 0 Å². The highest BCUT2D eigenvalue weighted by atomic mass is 79.9. The zero-order valence-corrected chi connectivity index (χ0v) is 11.7. The van der Waals surface area contributed by atoms with Crippen LogP contribution >= 0.6 is 15.9 Å². The molecule has 1 aliphatic rings. The van der Waals surface area contributed by atoms with Gasteiger partial charge in [0.2, 0.25) is 0 Å². The van der Waals surface area contributed by atoms with E-state index in [-0.39, 0.29) is 6.61 Å². The van der Waals surface area contributed by atoms with Crippen molar-refractivity contribution in [3.63, 3.8) is 0 Å². The molecule has 0 saturated heterocycles. The molecule has 0 amide bonds. The fourth-order valence-electron chi connectivity index (χ4n) is 2.60. The van der Waals surface area contributed by atoms with Gasteiger partial charge in [0.1, 0.15) is 5.76 Å². The molecule has 1 N–H and O–H groups in total. The van der Waals surface area contributed by atoms with Crippen molar-refractivity contribution in [1.82, 2.24) is 4.90 Å². The Morgan fingerprint density at radius 1 is 1.29 bits per heavy atom. The summed E-state index contributed by atoms with van der Waals surface area (Å²) in [5.41, 5.74) is 0. The minimum Gasteiger partial charge on any atom is -0.453 e. The van der Waals surface area contributed by atoms with Crippen molar-refractivity contribution in [2.45, 2.75) is 44.7 Å². The molecule has 1 saturated carbocycles. The summed E-state index contributed by atoms with van der Waals surface area (Å²) in [5, 5.41) is 9.17. The Hall–Kier alpha value is -0.320. The van der Waals surface area contributed by atoms with Gasteiger partial charge in [-0.3, -0.25) is 4.90 Å². The fourth-order valence-corrected chi connectivity index (χ4v) is 2.94. The number of aliphatic hydroxyl groups is 1. The monoisotopic (exact) mass is 301 g/mol. The van der Waals surface area contributed by atoms with Gasteiger partial charge < -0.3 is 9.52 Å². The fraction of sp³-hybridized carbons (Fsp3) is 0.692. The van der Waals surface area contributed by atoms with Gasteiger partial charge in [-0.2, -0.15) is 0 Å².